The number of carbonyl (C=O) groups excluding carboxylic acids is 2. The molecule has 58 valence electrons. The molecule has 0 aromatic carbocycles. The third-order valence-electron chi connectivity index (χ3n) is 1.52. The molecule has 0 saturated carbocycles. The van der Waals surface area contributed by atoms with Gasteiger partial charge in [-0.2, -0.15) is 0 Å². The summed E-state index contributed by atoms with van der Waals surface area (Å²) in [6.07, 6.45) is 2.36. The van der Waals surface area contributed by atoms with Crippen LogP contribution in [0.15, 0.2) is 12.3 Å². The van der Waals surface area contributed by atoms with Crippen LogP contribution in [0.5, 0.6) is 0 Å². The first-order chi connectivity index (χ1) is 5.15. The van der Waals surface area contributed by atoms with Crippen molar-refractivity contribution in [2.45, 2.75) is 6.92 Å². The Morgan fingerprint density at radius 1 is 1.64 bits per heavy atom. The SMILES string of the molecule is CC(=O)c1cc(C=O)cn1C. The summed E-state index contributed by atoms with van der Waals surface area (Å²) < 4.78 is 1.64. The minimum atomic E-state index is -0.0272. The maximum absolute atomic E-state index is 10.9. The number of aryl methyl sites for hydroxylation is 1. The van der Waals surface area contributed by atoms with Crippen molar-refractivity contribution in [3.63, 3.8) is 0 Å². The van der Waals surface area contributed by atoms with Crippen molar-refractivity contribution >= 4 is 12.1 Å². The topological polar surface area (TPSA) is 39.1 Å². The van der Waals surface area contributed by atoms with E-state index >= 15 is 0 Å². The van der Waals surface area contributed by atoms with Gasteiger partial charge in [-0.05, 0) is 6.07 Å². The molecule has 0 aliphatic heterocycles. The molecule has 11 heavy (non-hydrogen) atoms. The first-order valence-corrected chi connectivity index (χ1v) is 3.27. The second-order valence-electron chi connectivity index (χ2n) is 2.44. The maximum Gasteiger partial charge on any atom is 0.176 e. The van der Waals surface area contributed by atoms with E-state index in [9.17, 15) is 9.59 Å². The highest BCUT2D eigenvalue weighted by Gasteiger charge is 2.05. The van der Waals surface area contributed by atoms with Crippen molar-refractivity contribution in [2.24, 2.45) is 7.05 Å². The van der Waals surface area contributed by atoms with Gasteiger partial charge in [-0.25, -0.2) is 0 Å². The molecule has 1 rings (SSSR count). The van der Waals surface area contributed by atoms with Crippen LogP contribution in [0.25, 0.3) is 0 Å². The lowest BCUT2D eigenvalue weighted by atomic mass is 10.3. The molecule has 0 spiro atoms. The van der Waals surface area contributed by atoms with E-state index in [2.05, 4.69) is 0 Å². The van der Waals surface area contributed by atoms with Crippen molar-refractivity contribution in [2.75, 3.05) is 0 Å². The van der Waals surface area contributed by atoms with E-state index in [4.69, 9.17) is 0 Å². The molecule has 1 aromatic heterocycles. The van der Waals surface area contributed by atoms with Crippen LogP contribution in [-0.4, -0.2) is 16.6 Å². The summed E-state index contributed by atoms with van der Waals surface area (Å²) >= 11 is 0. The lowest BCUT2D eigenvalue weighted by Crippen LogP contribution is -1.99. The highest BCUT2D eigenvalue weighted by molar-refractivity contribution is 5.94. The van der Waals surface area contributed by atoms with E-state index in [0.29, 0.717) is 11.3 Å². The molecule has 0 atom stereocenters. The summed E-state index contributed by atoms with van der Waals surface area (Å²) in [6.45, 7) is 1.48. The molecule has 1 aromatic rings. The summed E-state index contributed by atoms with van der Waals surface area (Å²) in [6, 6.07) is 1.58. The van der Waals surface area contributed by atoms with Gasteiger partial charge >= 0.3 is 0 Å². The average molecular weight is 151 g/mol. The fourth-order valence-corrected chi connectivity index (χ4v) is 1.00. The van der Waals surface area contributed by atoms with E-state index in [-0.39, 0.29) is 5.78 Å². The molecule has 0 saturated heterocycles. The molecule has 0 aliphatic carbocycles. The van der Waals surface area contributed by atoms with Gasteiger partial charge in [-0.3, -0.25) is 9.59 Å². The zero-order chi connectivity index (χ0) is 8.43. The number of aromatic nitrogens is 1. The molecule has 0 fully saturated rings. The number of aldehydes is 1. The standard InChI is InChI=1S/C8H9NO2/c1-6(11)8-3-7(5-10)4-9(8)2/h3-5H,1-2H3. The van der Waals surface area contributed by atoms with Crippen LogP contribution < -0.4 is 0 Å². The molecule has 0 bridgehead atoms. The summed E-state index contributed by atoms with van der Waals surface area (Å²) in [7, 11) is 1.74. The quantitative estimate of drug-likeness (QED) is 0.468. The maximum atomic E-state index is 10.9. The van der Waals surface area contributed by atoms with Crippen LogP contribution in [0.4, 0.5) is 0 Å². The zero-order valence-electron chi connectivity index (χ0n) is 6.50. The number of ketones is 1. The molecular weight excluding hydrogens is 142 g/mol. The van der Waals surface area contributed by atoms with Crippen molar-refractivity contribution in [1.82, 2.24) is 4.57 Å². The first-order valence-electron chi connectivity index (χ1n) is 3.27. The smallest absolute Gasteiger partial charge is 0.176 e. The minimum absolute atomic E-state index is 0.0272. The number of rotatable bonds is 2. The van der Waals surface area contributed by atoms with Crippen molar-refractivity contribution in [3.8, 4) is 0 Å². The van der Waals surface area contributed by atoms with Crippen molar-refractivity contribution in [1.29, 1.82) is 0 Å². The van der Waals surface area contributed by atoms with Gasteiger partial charge in [-0.15, -0.1) is 0 Å². The second kappa shape index (κ2) is 2.70. The number of nitrogens with zero attached hydrogens (tertiary/aromatic N) is 1. The predicted molar refractivity (Wildman–Crippen MR) is 40.8 cm³/mol. The Bertz CT molecular complexity index is 299. The molecule has 3 nitrogen and oxygen atoms in total. The fraction of sp³-hybridized carbons (Fsp3) is 0.250. The highest BCUT2D eigenvalue weighted by atomic mass is 16.1. The Balaban J connectivity index is 3.16. The Kier molecular flexibility index (Phi) is 1.89. The highest BCUT2D eigenvalue weighted by Crippen LogP contribution is 2.05. The van der Waals surface area contributed by atoms with Gasteiger partial charge in [0.1, 0.15) is 0 Å². The molecular formula is C8H9NO2. The Labute approximate surface area is 64.6 Å². The van der Waals surface area contributed by atoms with E-state index < -0.39 is 0 Å². The van der Waals surface area contributed by atoms with Crippen LogP contribution in [-0.2, 0) is 7.05 Å². The molecule has 3 heteroatoms. The van der Waals surface area contributed by atoms with Gasteiger partial charge in [0.05, 0.1) is 5.69 Å². The minimum Gasteiger partial charge on any atom is -0.347 e. The second-order valence-corrected chi connectivity index (χ2v) is 2.44. The van der Waals surface area contributed by atoms with Gasteiger partial charge in [0.2, 0.25) is 0 Å². The van der Waals surface area contributed by atoms with Gasteiger partial charge in [0, 0.05) is 25.7 Å². The molecule has 0 amide bonds. The molecule has 0 radical (unpaired) electrons. The summed E-state index contributed by atoms with van der Waals surface area (Å²) in [5.41, 5.74) is 1.10. The molecule has 0 N–H and O–H groups in total. The van der Waals surface area contributed by atoms with Crippen LogP contribution >= 0.6 is 0 Å². The zero-order valence-corrected chi connectivity index (χ0v) is 6.50. The lowest BCUT2D eigenvalue weighted by molar-refractivity contribution is 0.101. The van der Waals surface area contributed by atoms with E-state index in [1.165, 1.54) is 6.92 Å². The summed E-state index contributed by atoms with van der Waals surface area (Å²) in [5.74, 6) is -0.0272. The normalized spacial score (nSPS) is 9.64. The van der Waals surface area contributed by atoms with Crippen LogP contribution in [0.3, 0.4) is 0 Å². The predicted octanol–water partition coefficient (Wildman–Crippen LogP) is 1.04. The molecule has 1 heterocycles. The number of carbonyl (C=O) groups is 2. The Hall–Kier alpha value is -1.38. The largest absolute Gasteiger partial charge is 0.347 e. The Morgan fingerprint density at radius 2 is 2.27 bits per heavy atom. The van der Waals surface area contributed by atoms with Gasteiger partial charge < -0.3 is 4.57 Å². The lowest BCUT2D eigenvalue weighted by Gasteiger charge is -1.94. The summed E-state index contributed by atoms with van der Waals surface area (Å²) in [5, 5.41) is 0. The van der Waals surface area contributed by atoms with E-state index in [0.717, 1.165) is 6.29 Å². The fourth-order valence-electron chi connectivity index (χ4n) is 1.00. The third kappa shape index (κ3) is 1.37. The van der Waals surface area contributed by atoms with Gasteiger partial charge in [-0.1, -0.05) is 0 Å². The van der Waals surface area contributed by atoms with Crippen molar-refractivity contribution in [3.05, 3.63) is 23.5 Å². The van der Waals surface area contributed by atoms with E-state index in [1.54, 1.807) is 23.9 Å². The number of hydrogen-bond acceptors (Lipinski definition) is 2. The number of Topliss-reactive ketones (excluding diaryl/α,β-unsaturated/α-hetero) is 1. The van der Waals surface area contributed by atoms with Crippen LogP contribution in [0, 0.1) is 0 Å². The summed E-state index contributed by atoms with van der Waals surface area (Å²) in [4.78, 5) is 21.1. The average Bonchev–Trinajstić information content (AvgIpc) is 2.30. The third-order valence-corrected chi connectivity index (χ3v) is 1.52. The molecule has 0 unspecified atom stereocenters. The molecule has 0 aliphatic rings. The van der Waals surface area contributed by atoms with Crippen LogP contribution in [0.1, 0.15) is 27.8 Å². The van der Waals surface area contributed by atoms with E-state index in [1.807, 2.05) is 0 Å². The van der Waals surface area contributed by atoms with Crippen LogP contribution in [0.2, 0.25) is 0 Å². The van der Waals surface area contributed by atoms with Gasteiger partial charge in [0.15, 0.2) is 12.1 Å². The monoisotopic (exact) mass is 151 g/mol. The van der Waals surface area contributed by atoms with Gasteiger partial charge in [0.25, 0.3) is 0 Å². The Morgan fingerprint density at radius 3 is 2.55 bits per heavy atom. The first kappa shape index (κ1) is 7.72. The number of hydrogen-bond donors (Lipinski definition) is 0. The van der Waals surface area contributed by atoms with Crippen molar-refractivity contribution < 1.29 is 9.59 Å².